The molecule has 4 N–H and O–H groups in total. The number of benzene rings is 1. The predicted molar refractivity (Wildman–Crippen MR) is 65.3 cm³/mol. The molecule has 0 aliphatic rings. The largest absolute Gasteiger partial charge is 0.397 e. The fraction of sp³-hybridized carbons (Fsp3) is 0. The van der Waals surface area contributed by atoms with Gasteiger partial charge < -0.3 is 5.73 Å². The van der Waals surface area contributed by atoms with Crippen LogP contribution in [0.3, 0.4) is 0 Å². The van der Waals surface area contributed by atoms with Crippen LogP contribution in [0.15, 0.2) is 24.4 Å². The Morgan fingerprint density at radius 1 is 1.14 bits per heavy atom. The van der Waals surface area contributed by atoms with Crippen LogP contribution in [-0.4, -0.2) is 8.42 Å². The van der Waals surface area contributed by atoms with E-state index < -0.39 is 10.0 Å². The van der Waals surface area contributed by atoms with Crippen molar-refractivity contribution < 1.29 is 8.42 Å². The van der Waals surface area contributed by atoms with Crippen molar-refractivity contribution in [1.29, 1.82) is 0 Å². The van der Waals surface area contributed by atoms with E-state index in [9.17, 15) is 8.42 Å². The molecule has 0 amide bonds. The van der Waals surface area contributed by atoms with Crippen LogP contribution in [0, 0.1) is 0 Å². The molecule has 0 bridgehead atoms. The summed E-state index contributed by atoms with van der Waals surface area (Å²) in [6.07, 6.45) is 0. The predicted octanol–water partition coefficient (Wildman–Crippen LogP) is 2.20. The Kier molecular flexibility index (Phi) is 3.63. The highest BCUT2D eigenvalue weighted by Crippen LogP contribution is 2.38. The van der Waals surface area contributed by atoms with Crippen molar-refractivity contribution in [2.24, 2.45) is 5.14 Å². The first kappa shape index (κ1) is 12.4. The first-order valence-electron chi connectivity index (χ1n) is 3.21. The SMILES string of the molecule is Nc1c(S(N)(=O)=O)cc(Br)c(Br)c1Br. The number of sulfonamides is 1. The molecule has 0 saturated carbocycles. The fourth-order valence-corrected chi connectivity index (χ4v) is 3.24. The quantitative estimate of drug-likeness (QED) is 0.551. The highest BCUT2D eigenvalue weighted by molar-refractivity contribution is 9.14. The molecule has 1 aromatic carbocycles. The van der Waals surface area contributed by atoms with E-state index in [-0.39, 0.29) is 10.6 Å². The molecule has 0 fully saturated rings. The molecule has 0 saturated heterocycles. The van der Waals surface area contributed by atoms with E-state index in [4.69, 9.17) is 10.9 Å². The molecule has 0 aromatic heterocycles. The monoisotopic (exact) mass is 406 g/mol. The average molecular weight is 409 g/mol. The molecule has 8 heteroatoms. The Balaban J connectivity index is 3.66. The summed E-state index contributed by atoms with van der Waals surface area (Å²) in [5, 5.41) is 4.98. The Hall–Kier alpha value is 0.370. The molecule has 14 heavy (non-hydrogen) atoms. The van der Waals surface area contributed by atoms with E-state index >= 15 is 0 Å². The van der Waals surface area contributed by atoms with Crippen LogP contribution in [-0.2, 0) is 10.0 Å². The van der Waals surface area contributed by atoms with Gasteiger partial charge >= 0.3 is 0 Å². The summed E-state index contributed by atoms with van der Waals surface area (Å²) in [5.74, 6) is 0. The van der Waals surface area contributed by atoms with Gasteiger partial charge in [0.1, 0.15) is 4.90 Å². The number of primary sulfonamides is 1. The van der Waals surface area contributed by atoms with E-state index in [1.165, 1.54) is 6.07 Å². The lowest BCUT2D eigenvalue weighted by Gasteiger charge is -2.08. The molecule has 4 nitrogen and oxygen atoms in total. The molecule has 0 atom stereocenters. The Morgan fingerprint density at radius 3 is 2.07 bits per heavy atom. The zero-order valence-corrected chi connectivity index (χ0v) is 12.2. The lowest BCUT2D eigenvalue weighted by atomic mass is 10.3. The minimum atomic E-state index is -3.80. The average Bonchev–Trinajstić information content (AvgIpc) is 2.06. The molecule has 0 aliphatic carbocycles. The van der Waals surface area contributed by atoms with Crippen molar-refractivity contribution in [2.45, 2.75) is 4.90 Å². The van der Waals surface area contributed by atoms with Gasteiger partial charge in [-0.25, -0.2) is 13.6 Å². The summed E-state index contributed by atoms with van der Waals surface area (Å²) in [7, 11) is -3.80. The third-order valence-corrected chi connectivity index (χ3v) is 5.76. The van der Waals surface area contributed by atoms with Gasteiger partial charge in [-0.1, -0.05) is 0 Å². The van der Waals surface area contributed by atoms with Crippen LogP contribution < -0.4 is 10.9 Å². The number of rotatable bonds is 1. The lowest BCUT2D eigenvalue weighted by molar-refractivity contribution is 0.598. The van der Waals surface area contributed by atoms with E-state index in [2.05, 4.69) is 47.8 Å². The van der Waals surface area contributed by atoms with E-state index in [0.29, 0.717) is 13.4 Å². The molecular weight excluding hydrogens is 404 g/mol. The smallest absolute Gasteiger partial charge is 0.240 e. The molecule has 1 rings (SSSR count). The van der Waals surface area contributed by atoms with E-state index in [1.807, 2.05) is 0 Å². The number of hydrogen-bond donors (Lipinski definition) is 2. The van der Waals surface area contributed by atoms with Gasteiger partial charge in [-0.3, -0.25) is 0 Å². The highest BCUT2D eigenvalue weighted by Gasteiger charge is 2.18. The molecule has 0 heterocycles. The number of anilines is 1. The summed E-state index contributed by atoms with van der Waals surface area (Å²) >= 11 is 9.54. The second-order valence-electron chi connectivity index (χ2n) is 2.44. The molecular formula is C6H5Br3N2O2S. The standard InChI is InChI=1S/C6H5Br3N2O2S/c7-2-1-3(14(11,12)13)6(10)5(9)4(2)8/h1H,10H2,(H2,11,12,13). The van der Waals surface area contributed by atoms with Gasteiger partial charge in [0.15, 0.2) is 0 Å². The van der Waals surface area contributed by atoms with Crippen LogP contribution in [0.1, 0.15) is 0 Å². The zero-order valence-electron chi connectivity index (χ0n) is 6.59. The summed E-state index contributed by atoms with van der Waals surface area (Å²) in [6, 6.07) is 1.35. The van der Waals surface area contributed by atoms with Crippen LogP contribution in [0.25, 0.3) is 0 Å². The normalized spacial score (nSPS) is 11.7. The van der Waals surface area contributed by atoms with Crippen molar-refractivity contribution in [3.05, 3.63) is 19.5 Å². The third-order valence-electron chi connectivity index (χ3n) is 1.47. The fourth-order valence-electron chi connectivity index (χ4n) is 0.823. The maximum atomic E-state index is 11.1. The summed E-state index contributed by atoms with van der Waals surface area (Å²) in [5.41, 5.74) is 5.67. The van der Waals surface area contributed by atoms with Gasteiger partial charge in [0.25, 0.3) is 0 Å². The topological polar surface area (TPSA) is 86.2 Å². The number of nitrogens with two attached hydrogens (primary N) is 2. The van der Waals surface area contributed by atoms with E-state index in [1.54, 1.807) is 0 Å². The Morgan fingerprint density at radius 2 is 1.64 bits per heavy atom. The van der Waals surface area contributed by atoms with Crippen molar-refractivity contribution in [1.82, 2.24) is 0 Å². The molecule has 0 aliphatic heterocycles. The minimum Gasteiger partial charge on any atom is -0.397 e. The lowest BCUT2D eigenvalue weighted by Crippen LogP contribution is -2.14. The van der Waals surface area contributed by atoms with Crippen molar-refractivity contribution in [2.75, 3.05) is 5.73 Å². The molecule has 1 aromatic rings. The maximum Gasteiger partial charge on any atom is 0.240 e. The molecule has 0 radical (unpaired) electrons. The van der Waals surface area contributed by atoms with Gasteiger partial charge in [0, 0.05) is 8.95 Å². The number of halogens is 3. The second kappa shape index (κ2) is 4.09. The van der Waals surface area contributed by atoms with Crippen molar-refractivity contribution in [3.8, 4) is 0 Å². The Labute approximate surface area is 106 Å². The minimum absolute atomic E-state index is 0.0857. The van der Waals surface area contributed by atoms with Crippen LogP contribution in [0.2, 0.25) is 0 Å². The van der Waals surface area contributed by atoms with Crippen molar-refractivity contribution in [3.63, 3.8) is 0 Å². The second-order valence-corrected chi connectivity index (χ2v) is 6.41. The Bertz CT molecular complexity index is 486. The van der Waals surface area contributed by atoms with Crippen LogP contribution in [0.4, 0.5) is 5.69 Å². The first-order chi connectivity index (χ1) is 6.25. The van der Waals surface area contributed by atoms with Crippen LogP contribution >= 0.6 is 47.8 Å². The summed E-state index contributed by atoms with van der Waals surface area (Å²) in [4.78, 5) is -0.112. The maximum absolute atomic E-state index is 11.1. The molecule has 78 valence electrons. The van der Waals surface area contributed by atoms with Crippen LogP contribution in [0.5, 0.6) is 0 Å². The highest BCUT2D eigenvalue weighted by atomic mass is 79.9. The summed E-state index contributed by atoms with van der Waals surface area (Å²) < 4.78 is 23.9. The summed E-state index contributed by atoms with van der Waals surface area (Å²) in [6.45, 7) is 0. The molecule has 0 unspecified atom stereocenters. The van der Waals surface area contributed by atoms with Gasteiger partial charge in [-0.2, -0.15) is 0 Å². The van der Waals surface area contributed by atoms with Crippen molar-refractivity contribution >= 4 is 63.5 Å². The zero-order chi connectivity index (χ0) is 11.1. The number of nitrogen functional groups attached to an aromatic ring is 1. The van der Waals surface area contributed by atoms with E-state index in [0.717, 1.165) is 0 Å². The van der Waals surface area contributed by atoms with Gasteiger partial charge in [0.05, 0.1) is 10.2 Å². The first-order valence-corrected chi connectivity index (χ1v) is 7.13. The number of hydrogen-bond acceptors (Lipinski definition) is 3. The third kappa shape index (κ3) is 2.30. The van der Waals surface area contributed by atoms with Gasteiger partial charge in [-0.15, -0.1) is 0 Å². The molecule has 0 spiro atoms. The van der Waals surface area contributed by atoms with Gasteiger partial charge in [-0.05, 0) is 53.9 Å². The van der Waals surface area contributed by atoms with Gasteiger partial charge in [0.2, 0.25) is 10.0 Å².